The zero-order valence-corrected chi connectivity index (χ0v) is 26.9. The molecule has 1 N–H and O–H groups in total. The van der Waals surface area contributed by atoms with Crippen LogP contribution in [0.5, 0.6) is 0 Å². The van der Waals surface area contributed by atoms with E-state index in [2.05, 4.69) is 61.6 Å². The third kappa shape index (κ3) is 8.48. The zero-order valence-electron chi connectivity index (χ0n) is 25.3. The Bertz CT molecular complexity index is 1880. The van der Waals surface area contributed by atoms with Gasteiger partial charge in [-0.15, -0.1) is 0 Å². The van der Waals surface area contributed by atoms with E-state index in [9.17, 15) is 17.8 Å². The quantitative estimate of drug-likeness (QED) is 0.157. The van der Waals surface area contributed by atoms with Crippen molar-refractivity contribution in [3.63, 3.8) is 0 Å². The first-order chi connectivity index (χ1) is 21.4. The summed E-state index contributed by atoms with van der Waals surface area (Å²) in [5.74, 6) is -0.568. The first kappa shape index (κ1) is 32.2. The second-order valence-corrected chi connectivity index (χ2v) is 14.0. The topological polar surface area (TPSA) is 112 Å². The van der Waals surface area contributed by atoms with E-state index in [4.69, 9.17) is 16.1 Å². The summed E-state index contributed by atoms with van der Waals surface area (Å²) in [6.45, 7) is 6.30. The van der Waals surface area contributed by atoms with Crippen LogP contribution < -0.4 is 5.32 Å². The van der Waals surface area contributed by atoms with Gasteiger partial charge in [0.1, 0.15) is 0 Å². The van der Waals surface area contributed by atoms with Crippen molar-refractivity contribution in [1.29, 1.82) is 0 Å². The van der Waals surface area contributed by atoms with E-state index >= 15 is 0 Å². The van der Waals surface area contributed by atoms with Gasteiger partial charge in [0.05, 0.1) is 21.6 Å². The molecular formula is C36H34ClN2O5S-. The summed E-state index contributed by atoms with van der Waals surface area (Å²) in [5.41, 5.74) is 7.45. The van der Waals surface area contributed by atoms with E-state index in [0.717, 1.165) is 33.5 Å². The lowest BCUT2D eigenvalue weighted by Gasteiger charge is -2.21. The van der Waals surface area contributed by atoms with Crippen LogP contribution in [-0.4, -0.2) is 36.3 Å². The molecule has 0 saturated heterocycles. The molecule has 0 aliphatic rings. The lowest BCUT2D eigenvalue weighted by atomic mass is 9.83. The number of nitrogens with one attached hydrogen (secondary N) is 1. The van der Waals surface area contributed by atoms with Gasteiger partial charge in [0.25, 0.3) is 5.91 Å². The molecule has 5 rings (SSSR count). The number of aromatic nitrogens is 1. The fourth-order valence-corrected chi connectivity index (χ4v) is 5.59. The molecule has 1 unspecified atom stereocenters. The van der Waals surface area contributed by atoms with Gasteiger partial charge in [0.15, 0.2) is 5.76 Å². The molecule has 0 aliphatic heterocycles. The predicted molar refractivity (Wildman–Crippen MR) is 176 cm³/mol. The Labute approximate surface area is 269 Å². The summed E-state index contributed by atoms with van der Waals surface area (Å²) >= 11 is 6.08. The van der Waals surface area contributed by atoms with E-state index in [1.165, 1.54) is 5.56 Å². The van der Waals surface area contributed by atoms with Gasteiger partial charge in [-0.3, -0.25) is 4.79 Å². The Hall–Kier alpha value is -4.24. The Kier molecular flexibility index (Phi) is 9.58. The van der Waals surface area contributed by atoms with Crippen LogP contribution in [0.2, 0.25) is 5.02 Å². The SMILES string of the molecule is CC(C)(C)c1ccc(C(Cc2ccc(C(=O)NCCS(=O)(=O)[O-])cc2)c2cc(-c3cccc(-c4ccc(Cl)cc4)c3)on2)cc1. The number of hydrogen-bond donors (Lipinski definition) is 1. The molecule has 5 aromatic rings. The monoisotopic (exact) mass is 641 g/mol. The summed E-state index contributed by atoms with van der Waals surface area (Å²) < 4.78 is 38.4. The average Bonchev–Trinajstić information content (AvgIpc) is 3.50. The minimum Gasteiger partial charge on any atom is -0.748 e. The second kappa shape index (κ2) is 13.4. The first-order valence-corrected chi connectivity index (χ1v) is 16.6. The fourth-order valence-electron chi connectivity index (χ4n) is 5.11. The fraction of sp³-hybridized carbons (Fsp3) is 0.222. The molecular weight excluding hydrogens is 608 g/mol. The van der Waals surface area contributed by atoms with Crippen molar-refractivity contribution in [3.8, 4) is 22.5 Å². The summed E-state index contributed by atoms with van der Waals surface area (Å²) in [5, 5.41) is 7.68. The van der Waals surface area contributed by atoms with Crippen LogP contribution in [0.1, 0.15) is 59.4 Å². The molecule has 7 nitrogen and oxygen atoms in total. The average molecular weight is 642 g/mol. The lowest BCUT2D eigenvalue weighted by Crippen LogP contribution is -2.28. The van der Waals surface area contributed by atoms with Gasteiger partial charge in [-0.2, -0.15) is 0 Å². The number of halogens is 1. The van der Waals surface area contributed by atoms with Gasteiger partial charge in [-0.05, 0) is 70.0 Å². The molecule has 4 aromatic carbocycles. The molecule has 9 heteroatoms. The van der Waals surface area contributed by atoms with Gasteiger partial charge in [-0.1, -0.05) is 104 Å². The highest BCUT2D eigenvalue weighted by atomic mass is 35.5. The molecule has 0 radical (unpaired) electrons. The predicted octanol–water partition coefficient (Wildman–Crippen LogP) is 7.61. The number of hydrogen-bond acceptors (Lipinski definition) is 6. The van der Waals surface area contributed by atoms with Crippen molar-refractivity contribution in [2.45, 2.75) is 38.5 Å². The van der Waals surface area contributed by atoms with Crippen LogP contribution in [0.3, 0.4) is 0 Å². The molecule has 1 heterocycles. The minimum absolute atomic E-state index is 0.0124. The van der Waals surface area contributed by atoms with Crippen molar-refractivity contribution in [3.05, 3.63) is 136 Å². The normalized spacial score (nSPS) is 12.6. The summed E-state index contributed by atoms with van der Waals surface area (Å²) in [6.07, 6.45) is 0.599. The third-order valence-electron chi connectivity index (χ3n) is 7.68. The standard InChI is InChI=1S/C36H35ClN2O5S/c1-36(2,3)30-15-11-26(12-16-30)32(21-24-7-9-27(10-8-24)35(40)38-19-20-45(41,42)43)33-23-34(44-39-33)29-6-4-5-28(22-29)25-13-17-31(37)18-14-25/h4-18,22-23,32H,19-21H2,1-3H3,(H,38,40)(H,41,42,43)/p-1. The van der Waals surface area contributed by atoms with Crippen LogP contribution in [-0.2, 0) is 22.0 Å². The van der Waals surface area contributed by atoms with Crippen LogP contribution in [0.4, 0.5) is 0 Å². The zero-order chi connectivity index (χ0) is 32.2. The number of carbonyl (C=O) groups is 1. The Morgan fingerprint density at radius 2 is 1.56 bits per heavy atom. The van der Waals surface area contributed by atoms with Crippen molar-refractivity contribution < 1.29 is 22.3 Å². The smallest absolute Gasteiger partial charge is 0.251 e. The molecule has 232 valence electrons. The van der Waals surface area contributed by atoms with Crippen molar-refractivity contribution in [2.24, 2.45) is 0 Å². The summed E-state index contributed by atoms with van der Waals surface area (Å²) in [6, 6.07) is 33.4. The number of rotatable bonds is 10. The van der Waals surface area contributed by atoms with E-state index in [1.807, 2.05) is 60.7 Å². The molecule has 0 saturated carbocycles. The largest absolute Gasteiger partial charge is 0.748 e. The minimum atomic E-state index is -4.40. The van der Waals surface area contributed by atoms with Gasteiger partial charge < -0.3 is 14.4 Å². The Morgan fingerprint density at radius 3 is 2.20 bits per heavy atom. The Balaban J connectivity index is 1.41. The molecule has 45 heavy (non-hydrogen) atoms. The number of nitrogens with zero attached hydrogens (tertiary/aromatic N) is 1. The van der Waals surface area contributed by atoms with Gasteiger partial charge in [-0.25, -0.2) is 8.42 Å². The maximum absolute atomic E-state index is 12.5. The maximum atomic E-state index is 12.5. The molecule has 1 aromatic heterocycles. The van der Waals surface area contributed by atoms with E-state index < -0.39 is 21.8 Å². The van der Waals surface area contributed by atoms with E-state index in [1.54, 1.807) is 12.1 Å². The highest BCUT2D eigenvalue weighted by Crippen LogP contribution is 2.34. The molecule has 1 atom stereocenters. The third-order valence-corrected chi connectivity index (χ3v) is 8.64. The van der Waals surface area contributed by atoms with Crippen molar-refractivity contribution >= 4 is 27.6 Å². The highest BCUT2D eigenvalue weighted by Gasteiger charge is 2.22. The van der Waals surface area contributed by atoms with Crippen LogP contribution in [0, 0.1) is 0 Å². The number of benzene rings is 4. The van der Waals surface area contributed by atoms with Gasteiger partial charge in [0.2, 0.25) is 0 Å². The first-order valence-electron chi connectivity index (χ1n) is 14.6. The summed E-state index contributed by atoms with van der Waals surface area (Å²) in [7, 11) is -4.40. The molecule has 1 amide bonds. The van der Waals surface area contributed by atoms with Crippen molar-refractivity contribution in [1.82, 2.24) is 10.5 Å². The number of carbonyl (C=O) groups excluding carboxylic acids is 1. The molecule has 0 spiro atoms. The van der Waals surface area contributed by atoms with Gasteiger partial charge in [0, 0.05) is 34.7 Å². The molecule has 0 fully saturated rings. The molecule has 0 bridgehead atoms. The summed E-state index contributed by atoms with van der Waals surface area (Å²) in [4.78, 5) is 12.5. The highest BCUT2D eigenvalue weighted by molar-refractivity contribution is 7.85. The van der Waals surface area contributed by atoms with Gasteiger partial charge >= 0.3 is 0 Å². The van der Waals surface area contributed by atoms with Crippen LogP contribution >= 0.6 is 11.6 Å². The van der Waals surface area contributed by atoms with Crippen molar-refractivity contribution in [2.75, 3.05) is 12.3 Å². The van der Waals surface area contributed by atoms with E-state index in [-0.39, 0.29) is 17.9 Å². The lowest BCUT2D eigenvalue weighted by molar-refractivity contribution is 0.0956. The van der Waals surface area contributed by atoms with Crippen LogP contribution in [0.15, 0.2) is 108 Å². The second-order valence-electron chi connectivity index (χ2n) is 12.0. The maximum Gasteiger partial charge on any atom is 0.251 e. The number of amides is 1. The molecule has 0 aliphatic carbocycles. The Morgan fingerprint density at radius 1 is 0.889 bits per heavy atom. The van der Waals surface area contributed by atoms with Crippen LogP contribution in [0.25, 0.3) is 22.5 Å². The van der Waals surface area contributed by atoms with E-state index in [0.29, 0.717) is 22.8 Å².